The fourth-order valence-corrected chi connectivity index (χ4v) is 2.03. The Bertz CT molecular complexity index is 801. The molecular formula is C17H16BrN3O2. The lowest BCUT2D eigenvalue weighted by atomic mass is 10.1. The molecule has 1 heterocycles. The van der Waals surface area contributed by atoms with Crippen molar-refractivity contribution in [2.75, 3.05) is 11.1 Å². The minimum absolute atomic E-state index is 0.146. The lowest BCUT2D eigenvalue weighted by molar-refractivity contribution is 0.102. The molecule has 0 aliphatic carbocycles. The van der Waals surface area contributed by atoms with Gasteiger partial charge in [0, 0.05) is 11.3 Å². The zero-order valence-corrected chi connectivity index (χ0v) is 14.3. The van der Waals surface area contributed by atoms with E-state index in [1.165, 1.54) is 0 Å². The summed E-state index contributed by atoms with van der Waals surface area (Å²) in [4.78, 5) is 16.3. The first-order valence-electron chi connectivity index (χ1n) is 6.83. The molecule has 6 heteroatoms. The van der Waals surface area contributed by atoms with Gasteiger partial charge in [-0.05, 0) is 60.1 Å². The molecule has 4 N–H and O–H groups in total. The van der Waals surface area contributed by atoms with Gasteiger partial charge in [0.05, 0.1) is 5.69 Å². The van der Waals surface area contributed by atoms with Gasteiger partial charge in [-0.15, -0.1) is 0 Å². The maximum atomic E-state index is 12.3. The highest BCUT2D eigenvalue weighted by molar-refractivity contribution is 9.10. The number of halogens is 1. The van der Waals surface area contributed by atoms with Gasteiger partial charge in [-0.25, -0.2) is 4.98 Å². The molecule has 0 aliphatic heterocycles. The quantitative estimate of drug-likeness (QED) is 0.557. The van der Waals surface area contributed by atoms with Crippen molar-refractivity contribution in [3.8, 4) is 11.8 Å². The zero-order chi connectivity index (χ0) is 17.0. The molecule has 5 nitrogen and oxygen atoms in total. The first-order valence-corrected chi connectivity index (χ1v) is 7.63. The van der Waals surface area contributed by atoms with Crippen LogP contribution in [-0.2, 0) is 0 Å². The first-order chi connectivity index (χ1) is 10.7. The lowest BCUT2D eigenvalue weighted by Crippen LogP contribution is -2.16. The van der Waals surface area contributed by atoms with Crippen LogP contribution in [0.5, 0.6) is 0 Å². The molecule has 1 aromatic heterocycles. The van der Waals surface area contributed by atoms with Crippen molar-refractivity contribution < 1.29 is 9.90 Å². The number of rotatable bonds is 2. The fourth-order valence-electron chi connectivity index (χ4n) is 1.72. The van der Waals surface area contributed by atoms with Gasteiger partial charge >= 0.3 is 0 Å². The molecule has 2 aromatic rings. The van der Waals surface area contributed by atoms with Crippen LogP contribution in [0.2, 0.25) is 0 Å². The van der Waals surface area contributed by atoms with Crippen molar-refractivity contribution in [3.63, 3.8) is 0 Å². The van der Waals surface area contributed by atoms with Crippen LogP contribution < -0.4 is 11.1 Å². The van der Waals surface area contributed by atoms with Gasteiger partial charge in [-0.3, -0.25) is 4.79 Å². The Hall–Kier alpha value is -2.36. The smallest absolute Gasteiger partial charge is 0.276 e. The van der Waals surface area contributed by atoms with E-state index >= 15 is 0 Å². The fraction of sp³-hybridized carbons (Fsp3) is 0.176. The van der Waals surface area contributed by atoms with E-state index in [-0.39, 0.29) is 5.69 Å². The monoisotopic (exact) mass is 373 g/mol. The predicted octanol–water partition coefficient (Wildman–Crippen LogP) is 2.80. The molecule has 0 aliphatic rings. The van der Waals surface area contributed by atoms with Gasteiger partial charge < -0.3 is 16.2 Å². The summed E-state index contributed by atoms with van der Waals surface area (Å²) in [5.74, 6) is 5.17. The number of aromatic nitrogens is 1. The Balaban J connectivity index is 2.21. The van der Waals surface area contributed by atoms with E-state index in [1.54, 1.807) is 50.2 Å². The van der Waals surface area contributed by atoms with Gasteiger partial charge in [-0.2, -0.15) is 0 Å². The molecule has 118 valence electrons. The summed E-state index contributed by atoms with van der Waals surface area (Å²) in [6.45, 7) is 3.21. The number of carbonyl (C=O) groups is 1. The number of nitrogens with one attached hydrogen (secondary N) is 1. The topological polar surface area (TPSA) is 88.2 Å². The summed E-state index contributed by atoms with van der Waals surface area (Å²) in [5.41, 5.74) is 6.39. The number of benzene rings is 1. The normalized spacial score (nSPS) is 10.6. The van der Waals surface area contributed by atoms with Crippen LogP contribution >= 0.6 is 15.9 Å². The number of nitrogens with zero attached hydrogens (tertiary/aromatic N) is 1. The van der Waals surface area contributed by atoms with Crippen LogP contribution in [0.15, 0.2) is 41.0 Å². The third-order valence-corrected chi connectivity index (χ3v) is 3.18. The molecule has 0 saturated carbocycles. The number of hydrogen-bond acceptors (Lipinski definition) is 4. The second-order valence-corrected chi connectivity index (χ2v) is 6.23. The van der Waals surface area contributed by atoms with Crippen molar-refractivity contribution in [2.24, 2.45) is 0 Å². The van der Waals surface area contributed by atoms with E-state index in [1.807, 2.05) is 0 Å². The third-order valence-electron chi connectivity index (χ3n) is 2.74. The number of amides is 1. The highest BCUT2D eigenvalue weighted by Crippen LogP contribution is 2.17. The second kappa shape index (κ2) is 6.82. The third kappa shape index (κ3) is 5.09. The Morgan fingerprint density at radius 2 is 2.09 bits per heavy atom. The van der Waals surface area contributed by atoms with Crippen LogP contribution in [0.4, 0.5) is 11.4 Å². The van der Waals surface area contributed by atoms with E-state index < -0.39 is 11.5 Å². The molecular weight excluding hydrogens is 358 g/mol. The SMILES string of the molecule is CC(C)(O)C#Cc1cccc(NC(=O)c2nc(Br)ccc2N)c1. The standard InChI is InChI=1S/C17H16BrN3O2/c1-17(2,23)9-8-11-4-3-5-12(10-11)20-16(22)15-13(19)6-7-14(18)21-15/h3-7,10,23H,19H2,1-2H3,(H,20,22). The first kappa shape index (κ1) is 17.0. The molecule has 0 fully saturated rings. The Morgan fingerprint density at radius 1 is 1.35 bits per heavy atom. The van der Waals surface area contributed by atoms with Gasteiger partial charge in [0.15, 0.2) is 5.69 Å². The summed E-state index contributed by atoms with van der Waals surface area (Å²) >= 11 is 3.21. The van der Waals surface area contributed by atoms with E-state index in [4.69, 9.17) is 5.73 Å². The van der Waals surface area contributed by atoms with Gasteiger partial charge in [0.25, 0.3) is 5.91 Å². The van der Waals surface area contributed by atoms with Crippen molar-refractivity contribution in [3.05, 3.63) is 52.3 Å². The van der Waals surface area contributed by atoms with Crippen molar-refractivity contribution in [1.29, 1.82) is 0 Å². The number of nitrogens with two attached hydrogens (primary N) is 1. The van der Waals surface area contributed by atoms with Gasteiger partial charge in [0.1, 0.15) is 10.2 Å². The molecule has 0 radical (unpaired) electrons. The van der Waals surface area contributed by atoms with Crippen LogP contribution in [0.1, 0.15) is 29.9 Å². The average Bonchev–Trinajstić information content (AvgIpc) is 2.47. The summed E-state index contributed by atoms with van der Waals surface area (Å²) in [6.07, 6.45) is 0. The van der Waals surface area contributed by atoms with Crippen molar-refractivity contribution in [1.82, 2.24) is 4.98 Å². The second-order valence-electron chi connectivity index (χ2n) is 5.42. The Labute approximate surface area is 143 Å². The summed E-state index contributed by atoms with van der Waals surface area (Å²) in [7, 11) is 0. The maximum Gasteiger partial charge on any atom is 0.276 e. The Kier molecular flexibility index (Phi) is 5.04. The van der Waals surface area contributed by atoms with E-state index in [9.17, 15) is 9.90 Å². The summed E-state index contributed by atoms with van der Waals surface area (Å²) in [5, 5.41) is 12.4. The van der Waals surface area contributed by atoms with E-state index in [2.05, 4.69) is 38.1 Å². The lowest BCUT2D eigenvalue weighted by Gasteiger charge is -2.08. The predicted molar refractivity (Wildman–Crippen MR) is 93.9 cm³/mol. The molecule has 1 aromatic carbocycles. The molecule has 2 rings (SSSR count). The maximum absolute atomic E-state index is 12.3. The highest BCUT2D eigenvalue weighted by atomic mass is 79.9. The highest BCUT2D eigenvalue weighted by Gasteiger charge is 2.12. The van der Waals surface area contributed by atoms with Crippen molar-refractivity contribution in [2.45, 2.75) is 19.4 Å². The summed E-state index contributed by atoms with van der Waals surface area (Å²) in [6, 6.07) is 10.3. The molecule has 0 spiro atoms. The zero-order valence-electron chi connectivity index (χ0n) is 12.7. The van der Waals surface area contributed by atoms with E-state index in [0.717, 1.165) is 0 Å². The summed E-state index contributed by atoms with van der Waals surface area (Å²) < 4.78 is 0.529. The molecule has 23 heavy (non-hydrogen) atoms. The van der Waals surface area contributed by atoms with Crippen molar-refractivity contribution >= 4 is 33.2 Å². The number of nitrogen functional groups attached to an aromatic ring is 1. The van der Waals surface area contributed by atoms with Gasteiger partial charge in [-0.1, -0.05) is 17.9 Å². The minimum atomic E-state index is -1.08. The van der Waals surface area contributed by atoms with E-state index in [0.29, 0.717) is 21.5 Å². The van der Waals surface area contributed by atoms with Crippen LogP contribution in [0, 0.1) is 11.8 Å². The van der Waals surface area contributed by atoms with Crippen LogP contribution in [-0.4, -0.2) is 21.6 Å². The number of pyridine rings is 1. The Morgan fingerprint density at radius 3 is 2.78 bits per heavy atom. The average molecular weight is 374 g/mol. The van der Waals surface area contributed by atoms with Crippen LogP contribution in [0.3, 0.4) is 0 Å². The minimum Gasteiger partial charge on any atom is -0.397 e. The molecule has 0 saturated heterocycles. The number of aliphatic hydroxyl groups is 1. The number of hydrogen-bond donors (Lipinski definition) is 3. The van der Waals surface area contributed by atoms with Crippen LogP contribution in [0.25, 0.3) is 0 Å². The molecule has 1 amide bonds. The molecule has 0 atom stereocenters. The number of carbonyl (C=O) groups excluding carboxylic acids is 1. The number of anilines is 2. The molecule has 0 unspecified atom stereocenters. The largest absolute Gasteiger partial charge is 0.397 e. The molecule has 0 bridgehead atoms. The van der Waals surface area contributed by atoms with Gasteiger partial charge in [0.2, 0.25) is 0 Å².